The first-order chi connectivity index (χ1) is 13.8. The van der Waals surface area contributed by atoms with Crippen LogP contribution in [0.4, 0.5) is 5.95 Å². The van der Waals surface area contributed by atoms with Crippen LogP contribution in [0, 0.1) is 0 Å². The van der Waals surface area contributed by atoms with Crippen molar-refractivity contribution in [1.82, 2.24) is 14.5 Å². The van der Waals surface area contributed by atoms with E-state index in [4.69, 9.17) is 9.15 Å². The van der Waals surface area contributed by atoms with Gasteiger partial charge in [-0.1, -0.05) is 25.0 Å². The third-order valence-corrected chi connectivity index (χ3v) is 5.84. The van der Waals surface area contributed by atoms with Crippen LogP contribution >= 0.6 is 0 Å². The van der Waals surface area contributed by atoms with E-state index in [1.54, 1.807) is 0 Å². The Labute approximate surface area is 163 Å². The Morgan fingerprint density at radius 2 is 1.86 bits per heavy atom. The molecule has 3 heterocycles. The highest BCUT2D eigenvalue weighted by Crippen LogP contribution is 2.35. The average Bonchev–Trinajstić information content (AvgIpc) is 3.47. The topological polar surface area (TPSA) is 82.2 Å². The normalized spacial score (nSPS) is 18.7. The summed E-state index contributed by atoms with van der Waals surface area (Å²) in [6, 6.07) is 8.40. The van der Waals surface area contributed by atoms with Gasteiger partial charge in [0.15, 0.2) is 11.6 Å². The lowest BCUT2D eigenvalue weighted by Gasteiger charge is -2.18. The highest BCUT2D eigenvalue weighted by molar-refractivity contribution is 6.02. The number of amides is 1. The van der Waals surface area contributed by atoms with Crippen molar-refractivity contribution in [1.29, 1.82) is 0 Å². The molecule has 2 aromatic heterocycles. The molecule has 0 bridgehead atoms. The van der Waals surface area contributed by atoms with E-state index in [1.165, 1.54) is 19.1 Å². The number of ether oxygens (including phenoxy) is 1. The van der Waals surface area contributed by atoms with Crippen LogP contribution in [0.3, 0.4) is 0 Å². The number of carbonyl (C=O) groups excluding carboxylic acids is 1. The predicted molar refractivity (Wildman–Crippen MR) is 104 cm³/mol. The number of fused-ring (bicyclic) bond motifs is 1. The Hall–Kier alpha value is -2.67. The van der Waals surface area contributed by atoms with Gasteiger partial charge in [-0.05, 0) is 37.8 Å². The second-order valence-electron chi connectivity index (χ2n) is 7.64. The van der Waals surface area contributed by atoms with Crippen LogP contribution in [0.25, 0.3) is 11.0 Å². The number of benzene rings is 1. The molecule has 5 rings (SSSR count). The number of aromatic nitrogens is 3. The summed E-state index contributed by atoms with van der Waals surface area (Å²) in [6.07, 6.45) is 7.84. The van der Waals surface area contributed by atoms with Gasteiger partial charge in [-0.2, -0.15) is 0 Å². The SMILES string of the molecule is O=C(Nc1nc2ccccc2n1C1CCCC1)c1coc(C2CCOCC2)n1. The van der Waals surface area contributed by atoms with Crippen LogP contribution in [0.1, 0.15) is 66.9 Å². The quantitative estimate of drug-likeness (QED) is 0.730. The van der Waals surface area contributed by atoms with E-state index in [9.17, 15) is 4.79 Å². The van der Waals surface area contributed by atoms with Crippen LogP contribution in [-0.4, -0.2) is 33.7 Å². The summed E-state index contributed by atoms with van der Waals surface area (Å²) in [4.78, 5) is 22.0. The molecule has 2 aliphatic rings. The lowest BCUT2D eigenvalue weighted by Crippen LogP contribution is -2.18. The van der Waals surface area contributed by atoms with E-state index in [0.29, 0.717) is 36.8 Å². The third kappa shape index (κ3) is 3.20. The minimum atomic E-state index is -0.281. The molecule has 7 nitrogen and oxygen atoms in total. The fourth-order valence-electron chi connectivity index (χ4n) is 4.35. The molecule has 146 valence electrons. The van der Waals surface area contributed by atoms with E-state index < -0.39 is 0 Å². The summed E-state index contributed by atoms with van der Waals surface area (Å²) in [5.74, 6) is 1.15. The molecule has 2 fully saturated rings. The predicted octanol–water partition coefficient (Wildman–Crippen LogP) is 4.29. The van der Waals surface area contributed by atoms with Crippen LogP contribution in [0.2, 0.25) is 0 Å². The van der Waals surface area contributed by atoms with Gasteiger partial charge in [0.25, 0.3) is 5.91 Å². The van der Waals surface area contributed by atoms with Crippen LogP contribution in [0.15, 0.2) is 34.9 Å². The van der Waals surface area contributed by atoms with E-state index in [-0.39, 0.29) is 11.8 Å². The first kappa shape index (κ1) is 17.4. The monoisotopic (exact) mass is 380 g/mol. The Balaban J connectivity index is 1.41. The van der Waals surface area contributed by atoms with Crippen molar-refractivity contribution in [2.45, 2.75) is 50.5 Å². The lowest BCUT2D eigenvalue weighted by molar-refractivity contribution is 0.0794. The Bertz CT molecular complexity index is 981. The number of para-hydroxylation sites is 2. The molecule has 1 saturated carbocycles. The van der Waals surface area contributed by atoms with Crippen molar-refractivity contribution in [3.05, 3.63) is 42.1 Å². The minimum absolute atomic E-state index is 0.221. The van der Waals surface area contributed by atoms with Crippen molar-refractivity contribution in [2.75, 3.05) is 18.5 Å². The van der Waals surface area contributed by atoms with Gasteiger partial charge in [0.1, 0.15) is 6.26 Å². The van der Waals surface area contributed by atoms with Gasteiger partial charge in [-0.25, -0.2) is 9.97 Å². The highest BCUT2D eigenvalue weighted by Gasteiger charge is 2.26. The minimum Gasteiger partial charge on any atom is -0.448 e. The average molecular weight is 380 g/mol. The number of rotatable bonds is 4. The molecular formula is C21H24N4O3. The van der Waals surface area contributed by atoms with Gasteiger partial charge in [-0.3, -0.25) is 10.1 Å². The van der Waals surface area contributed by atoms with E-state index in [0.717, 1.165) is 36.7 Å². The van der Waals surface area contributed by atoms with Crippen molar-refractivity contribution < 1.29 is 13.9 Å². The maximum atomic E-state index is 12.8. The van der Waals surface area contributed by atoms with Gasteiger partial charge in [-0.15, -0.1) is 0 Å². The number of nitrogens with one attached hydrogen (secondary N) is 1. The molecule has 1 aliphatic carbocycles. The van der Waals surface area contributed by atoms with Crippen LogP contribution in [-0.2, 0) is 4.74 Å². The number of hydrogen-bond donors (Lipinski definition) is 1. The smallest absolute Gasteiger partial charge is 0.279 e. The molecule has 1 N–H and O–H groups in total. The second kappa shape index (κ2) is 7.39. The standard InChI is InChI=1S/C21H24N4O3/c26-19(17-13-28-20(22-17)14-9-11-27-12-10-14)24-21-23-16-7-3-4-8-18(16)25(21)15-5-1-2-6-15/h3-4,7-8,13-15H,1-2,5-6,9-12H2,(H,23,24,26). The van der Waals surface area contributed by atoms with Crippen LogP contribution in [0.5, 0.6) is 0 Å². The fourth-order valence-corrected chi connectivity index (χ4v) is 4.35. The molecule has 3 aromatic rings. The Kier molecular flexibility index (Phi) is 4.60. The van der Waals surface area contributed by atoms with Crippen molar-refractivity contribution >= 4 is 22.9 Å². The first-order valence-corrected chi connectivity index (χ1v) is 10.1. The summed E-state index contributed by atoms with van der Waals surface area (Å²) in [5, 5.41) is 2.98. The number of oxazole rings is 1. The molecule has 28 heavy (non-hydrogen) atoms. The summed E-state index contributed by atoms with van der Waals surface area (Å²) in [5.41, 5.74) is 2.26. The number of imidazole rings is 1. The van der Waals surface area contributed by atoms with Crippen molar-refractivity contribution in [2.24, 2.45) is 0 Å². The van der Waals surface area contributed by atoms with E-state index >= 15 is 0 Å². The molecule has 0 spiro atoms. The zero-order chi connectivity index (χ0) is 18.9. The summed E-state index contributed by atoms with van der Waals surface area (Å²) < 4.78 is 13.2. The molecule has 1 aliphatic heterocycles. The number of nitrogens with zero attached hydrogens (tertiary/aromatic N) is 3. The van der Waals surface area contributed by atoms with Gasteiger partial charge in [0.2, 0.25) is 5.95 Å². The van der Waals surface area contributed by atoms with Gasteiger partial charge in [0, 0.05) is 25.2 Å². The molecule has 0 atom stereocenters. The fraction of sp³-hybridized carbons (Fsp3) is 0.476. The van der Waals surface area contributed by atoms with E-state index in [2.05, 4.69) is 25.9 Å². The van der Waals surface area contributed by atoms with E-state index in [1.807, 2.05) is 18.2 Å². The molecule has 1 aromatic carbocycles. The molecule has 1 saturated heterocycles. The zero-order valence-electron chi connectivity index (χ0n) is 15.8. The zero-order valence-corrected chi connectivity index (χ0v) is 15.8. The third-order valence-electron chi connectivity index (χ3n) is 5.84. The van der Waals surface area contributed by atoms with Gasteiger partial charge in [0.05, 0.1) is 11.0 Å². The largest absolute Gasteiger partial charge is 0.448 e. The lowest BCUT2D eigenvalue weighted by atomic mass is 10.0. The summed E-state index contributed by atoms with van der Waals surface area (Å²) >= 11 is 0. The number of hydrogen-bond acceptors (Lipinski definition) is 5. The van der Waals surface area contributed by atoms with Crippen molar-refractivity contribution in [3.8, 4) is 0 Å². The Morgan fingerprint density at radius 1 is 1.07 bits per heavy atom. The van der Waals surface area contributed by atoms with Gasteiger partial charge >= 0.3 is 0 Å². The van der Waals surface area contributed by atoms with Crippen LogP contribution < -0.4 is 5.32 Å². The molecule has 0 radical (unpaired) electrons. The second-order valence-corrected chi connectivity index (χ2v) is 7.64. The molecule has 7 heteroatoms. The first-order valence-electron chi connectivity index (χ1n) is 10.1. The summed E-state index contributed by atoms with van der Waals surface area (Å²) in [6.45, 7) is 1.42. The maximum Gasteiger partial charge on any atom is 0.279 e. The number of carbonyl (C=O) groups is 1. The molecule has 1 amide bonds. The maximum absolute atomic E-state index is 12.8. The molecular weight excluding hydrogens is 356 g/mol. The summed E-state index contributed by atoms with van der Waals surface area (Å²) in [7, 11) is 0. The van der Waals surface area contributed by atoms with Gasteiger partial charge < -0.3 is 13.7 Å². The Morgan fingerprint density at radius 3 is 2.68 bits per heavy atom. The number of anilines is 1. The highest BCUT2D eigenvalue weighted by atomic mass is 16.5. The van der Waals surface area contributed by atoms with Crippen molar-refractivity contribution in [3.63, 3.8) is 0 Å². The molecule has 0 unspecified atom stereocenters.